The third kappa shape index (κ3) is 16.2. The van der Waals surface area contributed by atoms with Crippen LogP contribution in [-0.4, -0.2) is 22.3 Å². The molecular formula is C18H26O3. The van der Waals surface area contributed by atoms with Crippen LogP contribution in [0.1, 0.15) is 64.2 Å². The van der Waals surface area contributed by atoms with E-state index in [0.29, 0.717) is 12.8 Å². The van der Waals surface area contributed by atoms with Gasteiger partial charge in [0, 0.05) is 12.8 Å². The maximum absolute atomic E-state index is 10.3. The molecule has 0 aromatic carbocycles. The summed E-state index contributed by atoms with van der Waals surface area (Å²) < 4.78 is 0. The zero-order valence-electron chi connectivity index (χ0n) is 12.7. The monoisotopic (exact) mass is 290 g/mol. The van der Waals surface area contributed by atoms with Crippen molar-refractivity contribution in [2.24, 2.45) is 0 Å². The Kier molecular flexibility index (Phi) is 13.5. The van der Waals surface area contributed by atoms with Crippen molar-refractivity contribution in [1.82, 2.24) is 0 Å². The Morgan fingerprint density at radius 1 is 1.10 bits per heavy atom. The van der Waals surface area contributed by atoms with Crippen LogP contribution in [0.25, 0.3) is 0 Å². The van der Waals surface area contributed by atoms with Crippen LogP contribution < -0.4 is 0 Å². The minimum absolute atomic E-state index is 0.227. The third-order valence-corrected chi connectivity index (χ3v) is 2.97. The van der Waals surface area contributed by atoms with E-state index < -0.39 is 12.1 Å². The Hall–Kier alpha value is -1.71. The summed E-state index contributed by atoms with van der Waals surface area (Å²) in [6.45, 7) is 3.66. The fraction of sp³-hybridized carbons (Fsp3) is 0.611. The van der Waals surface area contributed by atoms with Gasteiger partial charge in [-0.3, -0.25) is 4.79 Å². The molecule has 21 heavy (non-hydrogen) atoms. The van der Waals surface area contributed by atoms with Crippen LogP contribution in [0, 0.1) is 23.7 Å². The highest BCUT2D eigenvalue weighted by atomic mass is 16.4. The lowest BCUT2D eigenvalue weighted by molar-refractivity contribution is -0.137. The van der Waals surface area contributed by atoms with E-state index in [1.807, 2.05) is 6.08 Å². The molecule has 0 aliphatic heterocycles. The van der Waals surface area contributed by atoms with Gasteiger partial charge in [-0.25, -0.2) is 0 Å². The molecule has 3 nitrogen and oxygen atoms in total. The fourth-order valence-electron chi connectivity index (χ4n) is 1.77. The van der Waals surface area contributed by atoms with Crippen molar-refractivity contribution in [3.8, 4) is 23.7 Å². The Morgan fingerprint density at radius 3 is 2.57 bits per heavy atom. The first-order valence-corrected chi connectivity index (χ1v) is 7.66. The Balaban J connectivity index is 3.54. The molecule has 0 fully saturated rings. The molecule has 0 rings (SSSR count). The summed E-state index contributed by atoms with van der Waals surface area (Å²) in [5.74, 6) is 10.4. The summed E-state index contributed by atoms with van der Waals surface area (Å²) >= 11 is 0. The van der Waals surface area contributed by atoms with Crippen molar-refractivity contribution < 1.29 is 15.0 Å². The predicted octanol–water partition coefficient (Wildman–Crippen LogP) is 3.53. The van der Waals surface area contributed by atoms with Gasteiger partial charge in [0.2, 0.25) is 0 Å². The number of carbonyl (C=O) groups is 1. The van der Waals surface area contributed by atoms with E-state index in [9.17, 15) is 9.90 Å². The molecule has 116 valence electrons. The molecule has 0 aliphatic carbocycles. The third-order valence-electron chi connectivity index (χ3n) is 2.97. The van der Waals surface area contributed by atoms with Crippen LogP contribution >= 0.6 is 0 Å². The summed E-state index contributed by atoms with van der Waals surface area (Å²) in [7, 11) is 0. The van der Waals surface area contributed by atoms with E-state index in [1.165, 1.54) is 0 Å². The first-order chi connectivity index (χ1) is 10.2. The highest BCUT2D eigenvalue weighted by molar-refractivity contribution is 5.66. The second-order valence-electron chi connectivity index (χ2n) is 4.97. The summed E-state index contributed by atoms with van der Waals surface area (Å²) in [5, 5.41) is 18.1. The molecule has 0 saturated heterocycles. The van der Waals surface area contributed by atoms with Gasteiger partial charge in [-0.1, -0.05) is 30.8 Å². The standard InChI is InChI=1S/C18H26O3/c1-2-3-4-5-6-7-8-11-14-17(19)15-12-9-10-13-16-18(20)21/h2,17,19H,1,3-6,9-10,12-13,15-16H2,(H,20,21). The van der Waals surface area contributed by atoms with E-state index in [0.717, 1.165) is 44.9 Å². The van der Waals surface area contributed by atoms with Crippen molar-refractivity contribution in [2.75, 3.05) is 0 Å². The van der Waals surface area contributed by atoms with E-state index >= 15 is 0 Å². The first kappa shape index (κ1) is 19.3. The maximum Gasteiger partial charge on any atom is 0.303 e. The van der Waals surface area contributed by atoms with E-state index in [-0.39, 0.29) is 6.42 Å². The highest BCUT2D eigenvalue weighted by Crippen LogP contribution is 2.07. The number of allylic oxidation sites excluding steroid dienone is 1. The van der Waals surface area contributed by atoms with Crippen LogP contribution in [0.5, 0.6) is 0 Å². The molecule has 0 bridgehead atoms. The lowest BCUT2D eigenvalue weighted by Crippen LogP contribution is -2.02. The van der Waals surface area contributed by atoms with Crippen molar-refractivity contribution in [3.05, 3.63) is 12.7 Å². The normalized spacial score (nSPS) is 10.7. The largest absolute Gasteiger partial charge is 0.481 e. The average molecular weight is 290 g/mol. The van der Waals surface area contributed by atoms with Gasteiger partial charge in [-0.2, -0.15) is 0 Å². The molecule has 0 aromatic rings. The number of carboxylic acid groups (broad SMARTS) is 1. The van der Waals surface area contributed by atoms with Crippen LogP contribution in [0.3, 0.4) is 0 Å². The Labute approximate surface area is 128 Å². The number of carboxylic acids is 1. The summed E-state index contributed by atoms with van der Waals surface area (Å²) in [5.41, 5.74) is 0. The van der Waals surface area contributed by atoms with Crippen molar-refractivity contribution in [1.29, 1.82) is 0 Å². The van der Waals surface area contributed by atoms with Gasteiger partial charge < -0.3 is 10.2 Å². The molecule has 0 aliphatic rings. The zero-order valence-corrected chi connectivity index (χ0v) is 12.7. The smallest absolute Gasteiger partial charge is 0.303 e. The molecule has 1 unspecified atom stereocenters. The van der Waals surface area contributed by atoms with Gasteiger partial charge in [-0.15, -0.1) is 6.58 Å². The number of unbranched alkanes of at least 4 members (excludes halogenated alkanes) is 6. The van der Waals surface area contributed by atoms with Crippen LogP contribution in [-0.2, 0) is 4.79 Å². The second-order valence-corrected chi connectivity index (χ2v) is 4.97. The SMILES string of the molecule is C=CCCCCC#CC#CC(O)CCCCCCC(=O)O. The number of aliphatic hydroxyl groups excluding tert-OH is 1. The topological polar surface area (TPSA) is 57.5 Å². The number of hydrogen-bond donors (Lipinski definition) is 2. The lowest BCUT2D eigenvalue weighted by Gasteiger charge is -2.02. The van der Waals surface area contributed by atoms with Crippen LogP contribution in [0.2, 0.25) is 0 Å². The molecule has 0 aromatic heterocycles. The first-order valence-electron chi connectivity index (χ1n) is 7.66. The number of aliphatic carboxylic acids is 1. The molecule has 0 radical (unpaired) electrons. The van der Waals surface area contributed by atoms with E-state index in [1.54, 1.807) is 0 Å². The maximum atomic E-state index is 10.3. The van der Waals surface area contributed by atoms with Crippen molar-refractivity contribution >= 4 is 5.97 Å². The average Bonchev–Trinajstić information content (AvgIpc) is 2.45. The molecule has 0 saturated carbocycles. The van der Waals surface area contributed by atoms with Gasteiger partial charge in [0.05, 0.1) is 0 Å². The van der Waals surface area contributed by atoms with Gasteiger partial charge in [0.25, 0.3) is 0 Å². The van der Waals surface area contributed by atoms with Crippen molar-refractivity contribution in [3.63, 3.8) is 0 Å². The van der Waals surface area contributed by atoms with Gasteiger partial charge in [-0.05, 0) is 50.4 Å². The molecule has 0 amide bonds. The molecule has 0 spiro atoms. The molecule has 3 heteroatoms. The Bertz CT molecular complexity index is 404. The predicted molar refractivity (Wildman–Crippen MR) is 85.6 cm³/mol. The molecule has 2 N–H and O–H groups in total. The van der Waals surface area contributed by atoms with E-state index in [2.05, 4.69) is 30.3 Å². The molecule has 0 heterocycles. The molecular weight excluding hydrogens is 264 g/mol. The summed E-state index contributed by atoms with van der Waals surface area (Å²) in [4.78, 5) is 10.3. The minimum atomic E-state index is -0.746. The van der Waals surface area contributed by atoms with Crippen LogP contribution in [0.15, 0.2) is 12.7 Å². The minimum Gasteiger partial charge on any atom is -0.481 e. The van der Waals surface area contributed by atoms with Crippen LogP contribution in [0.4, 0.5) is 0 Å². The number of hydrogen-bond acceptors (Lipinski definition) is 2. The van der Waals surface area contributed by atoms with Gasteiger partial charge in [0.15, 0.2) is 0 Å². The zero-order chi connectivity index (χ0) is 15.8. The van der Waals surface area contributed by atoms with Gasteiger partial charge >= 0.3 is 5.97 Å². The Morgan fingerprint density at radius 2 is 1.86 bits per heavy atom. The van der Waals surface area contributed by atoms with Gasteiger partial charge in [0.1, 0.15) is 6.10 Å². The summed E-state index contributed by atoms with van der Waals surface area (Å²) in [6, 6.07) is 0. The summed E-state index contributed by atoms with van der Waals surface area (Å²) in [6.07, 6.45) is 9.55. The highest BCUT2D eigenvalue weighted by Gasteiger charge is 2.00. The lowest BCUT2D eigenvalue weighted by atomic mass is 10.1. The van der Waals surface area contributed by atoms with E-state index in [4.69, 9.17) is 5.11 Å². The molecule has 1 atom stereocenters. The number of aliphatic hydroxyl groups is 1. The number of rotatable bonds is 11. The van der Waals surface area contributed by atoms with Crippen molar-refractivity contribution in [2.45, 2.75) is 70.3 Å². The fourth-order valence-corrected chi connectivity index (χ4v) is 1.77. The second kappa shape index (κ2) is 14.7. The quantitative estimate of drug-likeness (QED) is 0.348.